The molecule has 0 radical (unpaired) electrons. The zero-order chi connectivity index (χ0) is 12.7. The molecule has 92 valence electrons. The Hall–Kier alpha value is -2.67. The first-order valence-electron chi connectivity index (χ1n) is 3.48. The summed E-state index contributed by atoms with van der Waals surface area (Å²) in [6, 6.07) is 0. The summed E-state index contributed by atoms with van der Waals surface area (Å²) >= 11 is 0. The van der Waals surface area contributed by atoms with E-state index in [1.54, 1.807) is 0 Å². The Morgan fingerprint density at radius 1 is 0.938 bits per heavy atom. The third-order valence-corrected chi connectivity index (χ3v) is 1.06. The monoisotopic (exact) mass is 236 g/mol. The van der Waals surface area contributed by atoms with E-state index in [-0.39, 0.29) is 10.3 Å². The Morgan fingerprint density at radius 3 is 1.50 bits per heavy atom. The minimum Gasteiger partial charge on any atom is -0.365 e. The van der Waals surface area contributed by atoms with Crippen LogP contribution in [0.2, 0.25) is 0 Å². The van der Waals surface area contributed by atoms with Gasteiger partial charge in [0.25, 0.3) is 11.9 Å². The molecule has 0 bridgehead atoms. The van der Waals surface area contributed by atoms with Crippen LogP contribution < -0.4 is 34.8 Å². The summed E-state index contributed by atoms with van der Waals surface area (Å²) in [4.78, 5) is 19.3. The van der Waals surface area contributed by atoms with Crippen LogP contribution in [-0.4, -0.2) is 28.4 Å². The number of nitrogens with two attached hydrogens (primary N) is 6. The van der Waals surface area contributed by atoms with Gasteiger partial charge in [-0.2, -0.15) is 4.79 Å². The van der Waals surface area contributed by atoms with Gasteiger partial charge in [0.1, 0.15) is 0 Å². The third-order valence-electron chi connectivity index (χ3n) is 1.06. The Kier molecular flexibility index (Phi) is 4.94. The molecule has 0 atom stereocenters. The second-order valence-electron chi connectivity index (χ2n) is 2.06. The van der Waals surface area contributed by atoms with Crippen molar-refractivity contribution < 1.29 is 14.5 Å². The summed E-state index contributed by atoms with van der Waals surface area (Å²) in [5.74, 6) is 18.6. The summed E-state index contributed by atoms with van der Waals surface area (Å²) in [7, 11) is 0. The molecule has 13 heteroatoms. The Labute approximate surface area is 89.0 Å². The van der Waals surface area contributed by atoms with Gasteiger partial charge in [0.2, 0.25) is 0 Å². The molecule has 0 fully saturated rings. The first kappa shape index (κ1) is 13.3. The molecule has 0 aliphatic rings. The first-order chi connectivity index (χ1) is 7.42. The lowest BCUT2D eigenvalue weighted by Crippen LogP contribution is -2.48. The molecule has 0 saturated heterocycles. The number of rotatable bonds is 0. The molecule has 0 saturated carbocycles. The van der Waals surface area contributed by atoms with Crippen LogP contribution >= 0.6 is 0 Å². The first-order valence-corrected chi connectivity index (χ1v) is 3.48. The van der Waals surface area contributed by atoms with Crippen LogP contribution in [0.4, 0.5) is 4.79 Å². The van der Waals surface area contributed by atoms with Crippen LogP contribution in [0.1, 0.15) is 0 Å². The summed E-state index contributed by atoms with van der Waals surface area (Å²) in [5.41, 5.74) is 10.1. The highest BCUT2D eigenvalue weighted by Crippen LogP contribution is 1.90. The van der Waals surface area contributed by atoms with Gasteiger partial charge in [0.05, 0.1) is 0 Å². The average Bonchev–Trinajstić information content (AvgIpc) is 2.26. The number of carbonyl (C=O) groups excluding carboxylic acids is 1. The van der Waals surface area contributed by atoms with Gasteiger partial charge in [-0.1, -0.05) is 10.3 Å². The highest BCUT2D eigenvalue weighted by Gasteiger charge is 2.16. The van der Waals surface area contributed by atoms with E-state index in [1.165, 1.54) is 0 Å². The van der Waals surface area contributed by atoms with Crippen LogP contribution in [0.25, 0.3) is 0 Å². The maximum Gasteiger partial charge on any atom is 0.561 e. The summed E-state index contributed by atoms with van der Waals surface area (Å²) in [6.07, 6.45) is -1.37. The van der Waals surface area contributed by atoms with Crippen LogP contribution in [0, 0.1) is 0 Å². The van der Waals surface area contributed by atoms with E-state index in [0.717, 1.165) is 0 Å². The van der Waals surface area contributed by atoms with Gasteiger partial charge in [-0.15, -0.1) is 10.2 Å². The molecular formula is C3H12N10O3. The number of hydrazine groups is 2. The van der Waals surface area contributed by atoms with E-state index >= 15 is 0 Å². The lowest BCUT2D eigenvalue weighted by Gasteiger charge is -2.17. The van der Waals surface area contributed by atoms with E-state index in [2.05, 4.69) is 19.9 Å². The van der Waals surface area contributed by atoms with Crippen LogP contribution in [0.5, 0.6) is 0 Å². The van der Waals surface area contributed by atoms with Crippen molar-refractivity contribution in [1.82, 2.24) is 10.3 Å². The SMILES string of the molecule is NN=C(N)N(N)OC(=O)ON(N)C(N)=NN. The van der Waals surface area contributed by atoms with Gasteiger partial charge in [-0.25, -0.2) is 11.7 Å². The normalized spacial score (nSPS) is 11.9. The predicted octanol–water partition coefficient (Wildman–Crippen LogP) is -4.30. The number of carbonyl (C=O) groups is 1. The lowest BCUT2D eigenvalue weighted by molar-refractivity contribution is -0.137. The molecule has 0 aromatic rings. The number of nitrogens with zero attached hydrogens (tertiary/aromatic N) is 4. The molecule has 0 amide bonds. The molecule has 12 N–H and O–H groups in total. The molecule has 0 aliphatic carbocycles. The zero-order valence-electron chi connectivity index (χ0n) is 7.98. The fourth-order valence-corrected chi connectivity index (χ4v) is 0.385. The van der Waals surface area contributed by atoms with Gasteiger partial charge < -0.3 is 23.2 Å². The van der Waals surface area contributed by atoms with Crippen LogP contribution in [0.15, 0.2) is 10.2 Å². The average molecular weight is 236 g/mol. The molecular weight excluding hydrogens is 224 g/mol. The molecule has 0 rings (SSSR count). The van der Waals surface area contributed by atoms with Crippen molar-refractivity contribution in [1.29, 1.82) is 0 Å². The second kappa shape index (κ2) is 5.94. The van der Waals surface area contributed by atoms with Crippen LogP contribution in [0.3, 0.4) is 0 Å². The Bertz CT molecular complexity index is 272. The van der Waals surface area contributed by atoms with Gasteiger partial charge in [-0.05, 0) is 0 Å². The number of hydrogen-bond donors (Lipinski definition) is 6. The minimum absolute atomic E-state index is 0.242. The number of hydroxylamine groups is 2. The zero-order valence-corrected chi connectivity index (χ0v) is 7.98. The van der Waals surface area contributed by atoms with Crippen molar-refractivity contribution in [2.45, 2.75) is 0 Å². The standard InChI is InChI=1S/C3H12N10O3/c4-1(10-6)12(8)15-3(14)16-13(9)2(5)11-7/h6-9H2,(H2,4,10)(H2,5,11). The van der Waals surface area contributed by atoms with Crippen molar-refractivity contribution in [3.8, 4) is 0 Å². The highest BCUT2D eigenvalue weighted by molar-refractivity contribution is 5.78. The van der Waals surface area contributed by atoms with Crippen molar-refractivity contribution in [2.24, 2.45) is 45.0 Å². The van der Waals surface area contributed by atoms with Gasteiger partial charge in [0.15, 0.2) is 0 Å². The molecule has 13 nitrogen and oxygen atoms in total. The topological polar surface area (TPSA) is 223 Å². The molecule has 0 unspecified atom stereocenters. The van der Waals surface area contributed by atoms with Crippen molar-refractivity contribution in [2.75, 3.05) is 0 Å². The number of hydrazone groups is 2. The Morgan fingerprint density at radius 2 is 1.25 bits per heavy atom. The van der Waals surface area contributed by atoms with Crippen molar-refractivity contribution in [3.63, 3.8) is 0 Å². The molecule has 0 aromatic carbocycles. The van der Waals surface area contributed by atoms with Crippen molar-refractivity contribution in [3.05, 3.63) is 0 Å². The van der Waals surface area contributed by atoms with Crippen LogP contribution in [-0.2, 0) is 9.68 Å². The van der Waals surface area contributed by atoms with Gasteiger partial charge in [-0.3, -0.25) is 9.68 Å². The van der Waals surface area contributed by atoms with E-state index in [1.807, 2.05) is 0 Å². The number of guanidine groups is 2. The molecule has 16 heavy (non-hydrogen) atoms. The largest absolute Gasteiger partial charge is 0.561 e. The number of hydrogen-bond acceptors (Lipinski definition) is 9. The summed E-state index contributed by atoms with van der Waals surface area (Å²) in [6.45, 7) is 0. The van der Waals surface area contributed by atoms with Gasteiger partial charge >= 0.3 is 6.16 Å². The molecule has 0 spiro atoms. The third kappa shape index (κ3) is 4.03. The van der Waals surface area contributed by atoms with E-state index in [4.69, 9.17) is 34.8 Å². The van der Waals surface area contributed by atoms with Gasteiger partial charge in [0, 0.05) is 0 Å². The highest BCUT2D eigenvalue weighted by atomic mass is 16.9. The van der Waals surface area contributed by atoms with Crippen molar-refractivity contribution >= 4 is 18.1 Å². The molecule has 0 heterocycles. The second-order valence-corrected chi connectivity index (χ2v) is 2.06. The quantitative estimate of drug-likeness (QED) is 0.102. The molecule has 0 aliphatic heterocycles. The lowest BCUT2D eigenvalue weighted by atomic mass is 11.0. The fraction of sp³-hybridized carbons (Fsp3) is 0. The fourth-order valence-electron chi connectivity index (χ4n) is 0.385. The van der Waals surface area contributed by atoms with E-state index in [9.17, 15) is 4.79 Å². The van der Waals surface area contributed by atoms with E-state index in [0.29, 0.717) is 0 Å². The Balaban J connectivity index is 4.19. The maximum absolute atomic E-state index is 10.9. The smallest absolute Gasteiger partial charge is 0.365 e. The predicted molar refractivity (Wildman–Crippen MR) is 51.2 cm³/mol. The maximum atomic E-state index is 10.9. The van der Waals surface area contributed by atoms with E-state index < -0.39 is 18.1 Å². The summed E-state index contributed by atoms with van der Waals surface area (Å²) < 4.78 is 0. The summed E-state index contributed by atoms with van der Waals surface area (Å²) in [5, 5.41) is 6.33. The minimum atomic E-state index is -1.37. The molecule has 0 aromatic heterocycles.